The quantitative estimate of drug-likeness (QED) is 0.271. The van der Waals surface area contributed by atoms with Crippen molar-refractivity contribution in [3.8, 4) is 17.2 Å². The normalized spacial score (nSPS) is 11.1. The Labute approximate surface area is 208 Å². The number of carbonyl (C=O) groups is 1. The second kappa shape index (κ2) is 10.9. The van der Waals surface area contributed by atoms with E-state index in [0.29, 0.717) is 45.0 Å². The third-order valence-corrected chi connectivity index (χ3v) is 6.76. The number of hydrogen-bond acceptors (Lipinski definition) is 6. The van der Waals surface area contributed by atoms with Gasteiger partial charge in [0.05, 0.1) is 22.4 Å². The van der Waals surface area contributed by atoms with Crippen molar-refractivity contribution < 1.29 is 14.3 Å². The summed E-state index contributed by atoms with van der Waals surface area (Å²) in [4.78, 5) is 22.4. The molecule has 8 heteroatoms. The maximum atomic E-state index is 13.9. The summed E-state index contributed by atoms with van der Waals surface area (Å²) >= 11 is 7.83. The molecule has 4 aromatic rings. The maximum absolute atomic E-state index is 13.9. The van der Waals surface area contributed by atoms with E-state index in [1.54, 1.807) is 36.3 Å². The van der Waals surface area contributed by atoms with Crippen molar-refractivity contribution in [2.75, 3.05) is 39.2 Å². The van der Waals surface area contributed by atoms with Crippen molar-refractivity contribution in [2.24, 2.45) is 0 Å². The molecule has 0 aliphatic carbocycles. The molecule has 0 unspecified atom stereocenters. The summed E-state index contributed by atoms with van der Waals surface area (Å²) < 4.78 is 12.3. The highest BCUT2D eigenvalue weighted by atomic mass is 35.5. The maximum Gasteiger partial charge on any atom is 0.263 e. The first kappa shape index (κ1) is 24.0. The predicted molar refractivity (Wildman–Crippen MR) is 139 cm³/mol. The third-order valence-electron chi connectivity index (χ3n) is 5.22. The summed E-state index contributed by atoms with van der Waals surface area (Å²) in [7, 11) is 5.62. The number of fused-ring (bicyclic) bond motifs is 1. The number of methoxy groups -OCH3 is 1. The van der Waals surface area contributed by atoms with Gasteiger partial charge in [0.2, 0.25) is 0 Å². The highest BCUT2D eigenvalue weighted by Crippen LogP contribution is 2.39. The summed E-state index contributed by atoms with van der Waals surface area (Å²) in [5, 5.41) is 1.15. The molecule has 176 valence electrons. The standard InChI is InChI=1S/C26H26ClN3O3S/c1-29(2)16-9-17-30(26-28-23-22(32-3)15-14-20(27)24(23)34-26)25(31)19-12-7-8-13-21(19)33-18-10-5-4-6-11-18/h4-8,10-15H,9,16-17H2,1-3H3. The Bertz CT molecular complexity index is 1280. The first-order valence-corrected chi connectivity index (χ1v) is 12.1. The lowest BCUT2D eigenvalue weighted by molar-refractivity contribution is 0.0984. The summed E-state index contributed by atoms with van der Waals surface area (Å²) in [5.74, 6) is 1.60. The lowest BCUT2D eigenvalue weighted by atomic mass is 10.1. The van der Waals surface area contributed by atoms with Gasteiger partial charge >= 0.3 is 0 Å². The van der Waals surface area contributed by atoms with Crippen LogP contribution in [0.15, 0.2) is 66.7 Å². The predicted octanol–water partition coefficient (Wildman–Crippen LogP) is 6.35. The van der Waals surface area contributed by atoms with Crippen LogP contribution >= 0.6 is 22.9 Å². The Morgan fingerprint density at radius 1 is 0.971 bits per heavy atom. The molecule has 1 amide bonds. The molecule has 0 spiro atoms. The van der Waals surface area contributed by atoms with Crippen molar-refractivity contribution in [1.29, 1.82) is 0 Å². The van der Waals surface area contributed by atoms with E-state index in [1.165, 1.54) is 11.3 Å². The summed E-state index contributed by atoms with van der Waals surface area (Å²) in [6.45, 7) is 1.33. The Morgan fingerprint density at radius 3 is 2.44 bits per heavy atom. The van der Waals surface area contributed by atoms with Gasteiger partial charge in [0.1, 0.15) is 22.8 Å². The van der Waals surface area contributed by atoms with Crippen LogP contribution in [0.1, 0.15) is 16.8 Å². The van der Waals surface area contributed by atoms with Crippen LogP contribution in [-0.4, -0.2) is 50.1 Å². The van der Waals surface area contributed by atoms with Gasteiger partial charge in [-0.1, -0.05) is 53.3 Å². The van der Waals surface area contributed by atoms with Gasteiger partial charge in [-0.3, -0.25) is 9.69 Å². The van der Waals surface area contributed by atoms with E-state index >= 15 is 0 Å². The van der Waals surface area contributed by atoms with Crippen molar-refractivity contribution in [3.63, 3.8) is 0 Å². The van der Waals surface area contributed by atoms with Gasteiger partial charge in [-0.2, -0.15) is 0 Å². The molecule has 0 radical (unpaired) electrons. The first-order valence-electron chi connectivity index (χ1n) is 10.9. The van der Waals surface area contributed by atoms with E-state index in [9.17, 15) is 4.79 Å². The Balaban J connectivity index is 1.73. The van der Waals surface area contributed by atoms with Crippen molar-refractivity contribution in [3.05, 3.63) is 77.3 Å². The number of nitrogens with zero attached hydrogens (tertiary/aromatic N) is 3. The molecule has 0 N–H and O–H groups in total. The molecule has 0 fully saturated rings. The van der Waals surface area contributed by atoms with Crippen LogP contribution in [0.2, 0.25) is 5.02 Å². The number of anilines is 1. The number of aromatic nitrogens is 1. The Morgan fingerprint density at radius 2 is 1.71 bits per heavy atom. The molecule has 0 bridgehead atoms. The molecule has 0 aliphatic rings. The first-order chi connectivity index (χ1) is 16.5. The molecule has 1 aromatic heterocycles. The minimum atomic E-state index is -0.181. The second-order valence-electron chi connectivity index (χ2n) is 7.95. The number of thiazole rings is 1. The van der Waals surface area contributed by atoms with Crippen molar-refractivity contribution in [1.82, 2.24) is 9.88 Å². The number of carbonyl (C=O) groups excluding carboxylic acids is 1. The zero-order chi connectivity index (χ0) is 24.1. The van der Waals surface area contributed by atoms with Crippen LogP contribution in [0.5, 0.6) is 17.2 Å². The van der Waals surface area contributed by atoms with Crippen molar-refractivity contribution in [2.45, 2.75) is 6.42 Å². The summed E-state index contributed by atoms with van der Waals surface area (Å²) in [5.41, 5.74) is 1.11. The van der Waals surface area contributed by atoms with E-state index in [2.05, 4.69) is 4.90 Å². The minimum absolute atomic E-state index is 0.181. The molecular formula is C26H26ClN3O3S. The number of ether oxygens (including phenoxy) is 2. The molecule has 0 saturated carbocycles. The smallest absolute Gasteiger partial charge is 0.263 e. The molecule has 34 heavy (non-hydrogen) atoms. The van der Waals surface area contributed by atoms with Crippen LogP contribution in [0.25, 0.3) is 10.2 Å². The van der Waals surface area contributed by atoms with E-state index in [0.717, 1.165) is 17.7 Å². The average molecular weight is 496 g/mol. The topological polar surface area (TPSA) is 54.9 Å². The van der Waals surface area contributed by atoms with E-state index < -0.39 is 0 Å². The molecule has 1 heterocycles. The number of amides is 1. The van der Waals surface area contributed by atoms with Gasteiger partial charge in [-0.25, -0.2) is 4.98 Å². The van der Waals surface area contributed by atoms with Crippen LogP contribution in [-0.2, 0) is 0 Å². The molecule has 0 aliphatic heterocycles. The highest BCUT2D eigenvalue weighted by Gasteiger charge is 2.25. The van der Waals surface area contributed by atoms with Gasteiger partial charge in [0.15, 0.2) is 5.13 Å². The molecule has 0 atom stereocenters. The average Bonchev–Trinajstić information content (AvgIpc) is 3.29. The molecule has 4 rings (SSSR count). The SMILES string of the molecule is COc1ccc(Cl)c2sc(N(CCCN(C)C)C(=O)c3ccccc3Oc3ccccc3)nc12. The van der Waals surface area contributed by atoms with Gasteiger partial charge < -0.3 is 14.4 Å². The summed E-state index contributed by atoms with van der Waals surface area (Å²) in [6.07, 6.45) is 0.779. The molecule has 3 aromatic carbocycles. The fourth-order valence-corrected chi connectivity index (χ4v) is 4.82. The largest absolute Gasteiger partial charge is 0.494 e. The minimum Gasteiger partial charge on any atom is -0.494 e. The number of halogens is 1. The van der Waals surface area contributed by atoms with Crippen LogP contribution in [0, 0.1) is 0 Å². The zero-order valence-corrected chi connectivity index (χ0v) is 20.9. The van der Waals surface area contributed by atoms with Gasteiger partial charge in [0, 0.05) is 6.54 Å². The number of benzene rings is 3. The lowest BCUT2D eigenvalue weighted by Gasteiger charge is -2.22. The van der Waals surface area contributed by atoms with E-state index in [1.807, 2.05) is 56.6 Å². The van der Waals surface area contributed by atoms with Gasteiger partial charge in [-0.15, -0.1) is 0 Å². The van der Waals surface area contributed by atoms with Gasteiger partial charge in [-0.05, 0) is 63.5 Å². The lowest BCUT2D eigenvalue weighted by Crippen LogP contribution is -2.33. The summed E-state index contributed by atoms with van der Waals surface area (Å²) in [6, 6.07) is 20.3. The highest BCUT2D eigenvalue weighted by molar-refractivity contribution is 7.23. The van der Waals surface area contributed by atoms with Crippen LogP contribution in [0.3, 0.4) is 0 Å². The van der Waals surface area contributed by atoms with Crippen LogP contribution < -0.4 is 14.4 Å². The number of rotatable bonds is 9. The molecule has 6 nitrogen and oxygen atoms in total. The monoisotopic (exact) mass is 495 g/mol. The van der Waals surface area contributed by atoms with Crippen molar-refractivity contribution >= 4 is 44.2 Å². The number of para-hydroxylation sites is 2. The second-order valence-corrected chi connectivity index (χ2v) is 9.33. The van der Waals surface area contributed by atoms with E-state index in [-0.39, 0.29) is 5.91 Å². The molecular weight excluding hydrogens is 470 g/mol. The van der Waals surface area contributed by atoms with E-state index in [4.69, 9.17) is 26.1 Å². The fourth-order valence-electron chi connectivity index (χ4n) is 3.54. The van der Waals surface area contributed by atoms with Crippen LogP contribution in [0.4, 0.5) is 5.13 Å². The zero-order valence-electron chi connectivity index (χ0n) is 19.3. The molecule has 0 saturated heterocycles. The Kier molecular flexibility index (Phi) is 7.67. The Hall–Kier alpha value is -3.13. The number of hydrogen-bond donors (Lipinski definition) is 0. The van der Waals surface area contributed by atoms with Gasteiger partial charge in [0.25, 0.3) is 5.91 Å². The third kappa shape index (κ3) is 5.33. The fraction of sp³-hybridized carbons (Fsp3) is 0.231.